The van der Waals surface area contributed by atoms with E-state index in [-0.39, 0.29) is 33.6 Å². The molecule has 0 saturated carbocycles. The number of allylic oxidation sites excluding steroid dienone is 1. The third-order valence-corrected chi connectivity index (χ3v) is 5.15. The summed E-state index contributed by atoms with van der Waals surface area (Å²) in [5.41, 5.74) is 4.15. The maximum atomic E-state index is 15.0. The Morgan fingerprint density at radius 2 is 1.94 bits per heavy atom. The van der Waals surface area contributed by atoms with E-state index in [4.69, 9.17) is 23.2 Å². The first-order chi connectivity index (χ1) is 15.6. The Morgan fingerprint density at radius 3 is 2.52 bits per heavy atom. The van der Waals surface area contributed by atoms with Crippen molar-refractivity contribution in [3.05, 3.63) is 76.4 Å². The molecule has 33 heavy (non-hydrogen) atoms. The van der Waals surface area contributed by atoms with Crippen LogP contribution >= 0.6 is 23.2 Å². The Kier molecular flexibility index (Phi) is 7.68. The van der Waals surface area contributed by atoms with Crippen LogP contribution < -0.4 is 15.8 Å². The molecule has 1 unspecified atom stereocenters. The smallest absolute Gasteiger partial charge is 0.295 e. The van der Waals surface area contributed by atoms with E-state index in [2.05, 4.69) is 27.4 Å². The number of hydrogen-bond acceptors (Lipinski definition) is 4. The number of carbonyl (C=O) groups excluding carboxylic acids is 1. The number of carbonyl (C=O) groups is 1. The number of halogens is 4. The predicted octanol–water partition coefficient (Wildman–Crippen LogP) is 4.23. The molecule has 0 radical (unpaired) electrons. The molecule has 2 amide bonds. The van der Waals surface area contributed by atoms with Crippen LogP contribution in [0.25, 0.3) is 16.8 Å². The fourth-order valence-corrected chi connectivity index (χ4v) is 3.61. The van der Waals surface area contributed by atoms with E-state index in [1.54, 1.807) is 13.8 Å². The van der Waals surface area contributed by atoms with Gasteiger partial charge in [0.05, 0.1) is 28.7 Å². The highest BCUT2D eigenvalue weighted by Crippen LogP contribution is 2.33. The van der Waals surface area contributed by atoms with Crippen LogP contribution in [0, 0.1) is 11.6 Å². The van der Waals surface area contributed by atoms with Gasteiger partial charge in [0.2, 0.25) is 0 Å². The Balaban J connectivity index is 1.93. The minimum Gasteiger partial charge on any atom is -0.295 e. The second-order valence-electron chi connectivity index (χ2n) is 7.41. The number of quaternary nitrogens is 1. The van der Waals surface area contributed by atoms with Crippen molar-refractivity contribution in [1.29, 1.82) is 0 Å². The van der Waals surface area contributed by atoms with Crippen LogP contribution in [0.1, 0.15) is 32.5 Å². The Hall–Kier alpha value is -3.01. The topological polar surface area (TPSA) is 76.3 Å². The van der Waals surface area contributed by atoms with E-state index < -0.39 is 17.7 Å². The van der Waals surface area contributed by atoms with Crippen molar-refractivity contribution in [1.82, 2.24) is 25.5 Å². The highest BCUT2D eigenvalue weighted by Gasteiger charge is 2.24. The number of amides is 2. The largest absolute Gasteiger partial charge is 0.439 e. The molecule has 2 atom stereocenters. The van der Waals surface area contributed by atoms with Gasteiger partial charge in [-0.2, -0.15) is 10.1 Å². The first kappa shape index (κ1) is 24.6. The molecule has 3 aromatic rings. The second kappa shape index (κ2) is 10.3. The van der Waals surface area contributed by atoms with Gasteiger partial charge in [-0.1, -0.05) is 29.8 Å². The Morgan fingerprint density at radius 1 is 1.21 bits per heavy atom. The molecule has 3 rings (SSSR count). The molecule has 0 aliphatic rings. The van der Waals surface area contributed by atoms with Crippen LogP contribution in [-0.4, -0.2) is 27.3 Å². The van der Waals surface area contributed by atoms with Crippen LogP contribution in [0.15, 0.2) is 49.1 Å². The third-order valence-electron chi connectivity index (χ3n) is 4.74. The van der Waals surface area contributed by atoms with Crippen molar-refractivity contribution in [2.45, 2.75) is 26.8 Å². The Bertz CT molecular complexity index is 1200. The first-order valence-corrected chi connectivity index (χ1v) is 10.8. The van der Waals surface area contributed by atoms with Gasteiger partial charge in [0.1, 0.15) is 18.0 Å². The number of urea groups is 1. The summed E-state index contributed by atoms with van der Waals surface area (Å²) < 4.78 is 31.1. The summed E-state index contributed by atoms with van der Waals surface area (Å²) in [6.07, 6.45) is 4.17. The standard InChI is InChI=1S/C22H22Cl2F2N6O/c1-5-31(30-12(2)3)22(33)29-13(4)20-18(25)6-14(9-27-20)17-7-15(23)8-19(26)21(17)32-11-16(24)10-28-32/h6-11,13,30H,2,5H2,1,3-4H3,(H,29,33)/p+1/t13-/m1/s1. The minimum atomic E-state index is -0.722. The summed E-state index contributed by atoms with van der Waals surface area (Å²) in [5.74, 6) is -1.33. The lowest BCUT2D eigenvalue weighted by atomic mass is 10.0. The fourth-order valence-electron chi connectivity index (χ4n) is 3.27. The SMILES string of the molecule is C=C(C)N[NH+](CC)C(=O)N[C@H](C)c1ncc(-c2cc(Cl)cc(F)c2-n2cc(Cl)cn2)cc1F. The molecular formula is C22H23Cl2F2N6O+. The minimum absolute atomic E-state index is 0.0315. The van der Waals surface area contributed by atoms with E-state index in [9.17, 15) is 9.18 Å². The van der Waals surface area contributed by atoms with Gasteiger partial charge in [0, 0.05) is 28.5 Å². The lowest BCUT2D eigenvalue weighted by Gasteiger charge is -2.20. The first-order valence-electron chi connectivity index (χ1n) is 10.0. The third kappa shape index (κ3) is 5.68. The molecule has 0 fully saturated rings. The maximum Gasteiger partial charge on any atom is 0.439 e. The number of pyridine rings is 1. The van der Waals surface area contributed by atoms with Gasteiger partial charge < -0.3 is 0 Å². The van der Waals surface area contributed by atoms with E-state index in [0.717, 1.165) is 6.07 Å². The molecule has 3 N–H and O–H groups in total. The van der Waals surface area contributed by atoms with Crippen molar-refractivity contribution in [3.8, 4) is 16.8 Å². The van der Waals surface area contributed by atoms with Gasteiger partial charge in [-0.3, -0.25) is 10.3 Å². The zero-order valence-corrected chi connectivity index (χ0v) is 19.7. The number of benzene rings is 1. The maximum absolute atomic E-state index is 15.0. The van der Waals surface area contributed by atoms with Crippen LogP contribution in [0.5, 0.6) is 0 Å². The van der Waals surface area contributed by atoms with Crippen LogP contribution in [-0.2, 0) is 0 Å². The van der Waals surface area contributed by atoms with Gasteiger partial charge in [-0.05, 0) is 39.0 Å². The van der Waals surface area contributed by atoms with Crippen molar-refractivity contribution < 1.29 is 18.6 Å². The Labute approximate surface area is 200 Å². The lowest BCUT2D eigenvalue weighted by Crippen LogP contribution is -3.21. The van der Waals surface area contributed by atoms with Crippen LogP contribution in [0.4, 0.5) is 13.6 Å². The molecule has 1 aromatic carbocycles. The average Bonchev–Trinajstić information content (AvgIpc) is 3.16. The predicted molar refractivity (Wildman–Crippen MR) is 123 cm³/mol. The van der Waals surface area contributed by atoms with Gasteiger partial charge in [-0.15, -0.1) is 0 Å². The van der Waals surface area contributed by atoms with Crippen molar-refractivity contribution >= 4 is 29.2 Å². The molecule has 7 nitrogen and oxygen atoms in total. The molecule has 2 heterocycles. The number of nitrogens with zero attached hydrogens (tertiary/aromatic N) is 3. The highest BCUT2D eigenvalue weighted by atomic mass is 35.5. The summed E-state index contributed by atoms with van der Waals surface area (Å²) in [7, 11) is 0. The number of nitrogens with one attached hydrogen (secondary N) is 3. The molecule has 174 valence electrons. The van der Waals surface area contributed by atoms with Gasteiger partial charge in [0.15, 0.2) is 5.82 Å². The monoisotopic (exact) mass is 495 g/mol. The molecular weight excluding hydrogens is 473 g/mol. The second-order valence-corrected chi connectivity index (χ2v) is 8.28. The number of hydrogen-bond donors (Lipinski definition) is 3. The molecule has 0 aliphatic heterocycles. The highest BCUT2D eigenvalue weighted by molar-refractivity contribution is 6.31. The van der Waals surface area contributed by atoms with E-state index in [1.165, 1.54) is 35.4 Å². The van der Waals surface area contributed by atoms with Crippen molar-refractivity contribution in [2.24, 2.45) is 0 Å². The fraction of sp³-hybridized carbons (Fsp3) is 0.227. The van der Waals surface area contributed by atoms with Crippen molar-refractivity contribution in [2.75, 3.05) is 6.54 Å². The van der Waals surface area contributed by atoms with Gasteiger partial charge >= 0.3 is 6.03 Å². The van der Waals surface area contributed by atoms with Crippen LogP contribution in [0.2, 0.25) is 10.0 Å². The molecule has 0 spiro atoms. The van der Waals surface area contributed by atoms with Crippen molar-refractivity contribution in [3.63, 3.8) is 0 Å². The zero-order valence-electron chi connectivity index (χ0n) is 18.2. The summed E-state index contributed by atoms with van der Waals surface area (Å²) in [6.45, 7) is 9.34. The normalized spacial score (nSPS) is 12.8. The number of aromatic nitrogens is 3. The molecule has 2 aromatic heterocycles. The van der Waals surface area contributed by atoms with Gasteiger partial charge in [-0.25, -0.2) is 23.7 Å². The quantitative estimate of drug-likeness (QED) is 0.428. The molecule has 11 heteroatoms. The van der Waals surface area contributed by atoms with E-state index >= 15 is 4.39 Å². The molecule has 0 saturated heterocycles. The van der Waals surface area contributed by atoms with Crippen LogP contribution in [0.3, 0.4) is 0 Å². The van der Waals surface area contributed by atoms with E-state index in [1.807, 2.05) is 6.92 Å². The lowest BCUT2D eigenvalue weighted by molar-refractivity contribution is -0.857. The zero-order chi connectivity index (χ0) is 24.3. The van der Waals surface area contributed by atoms with E-state index in [0.29, 0.717) is 22.3 Å². The molecule has 0 aliphatic carbocycles. The summed E-state index contributed by atoms with van der Waals surface area (Å²) >= 11 is 12.0. The summed E-state index contributed by atoms with van der Waals surface area (Å²) in [4.78, 5) is 16.7. The van der Waals surface area contributed by atoms with Gasteiger partial charge in [0.25, 0.3) is 0 Å². The summed E-state index contributed by atoms with van der Waals surface area (Å²) in [5, 5.41) is 7.60. The number of rotatable bonds is 7. The molecule has 0 bridgehead atoms. The summed E-state index contributed by atoms with van der Waals surface area (Å²) in [6, 6.07) is 2.73. The average molecular weight is 496 g/mol.